The van der Waals surface area contributed by atoms with Crippen molar-refractivity contribution in [2.45, 2.75) is 31.7 Å². The zero-order chi connectivity index (χ0) is 20.9. The average Bonchev–Trinajstić information content (AvgIpc) is 3.08. The Balaban J connectivity index is 1.26. The summed E-state index contributed by atoms with van der Waals surface area (Å²) in [6.07, 6.45) is 4.19. The van der Waals surface area contributed by atoms with Crippen LogP contribution in [0, 0.1) is 23.2 Å². The highest BCUT2D eigenvalue weighted by Crippen LogP contribution is 2.55. The molecule has 1 unspecified atom stereocenters. The van der Waals surface area contributed by atoms with Gasteiger partial charge in [-0.1, -0.05) is 47.2 Å². The van der Waals surface area contributed by atoms with Gasteiger partial charge in [-0.05, 0) is 66.5 Å². The quantitative estimate of drug-likeness (QED) is 0.471. The van der Waals surface area contributed by atoms with Crippen LogP contribution < -0.4 is 0 Å². The fraction of sp³-hybridized carbons (Fsp3) is 0.400. The molecule has 1 aliphatic heterocycles. The maximum absolute atomic E-state index is 11.7. The van der Waals surface area contributed by atoms with Gasteiger partial charge in [0.25, 0.3) is 0 Å². The SMILES string of the molecule is COC(=O)C1CC2(C1)CN(C1CCc3cc(C#Cc4c(Cl)cccc4Cl)ccc31)C2. The Kier molecular flexibility index (Phi) is 5.06. The van der Waals surface area contributed by atoms with Gasteiger partial charge < -0.3 is 4.74 Å². The molecule has 2 aliphatic carbocycles. The number of halogens is 2. The van der Waals surface area contributed by atoms with E-state index >= 15 is 0 Å². The standard InChI is InChI=1S/C25H23Cl2NO2/c1-30-24(29)18-12-25(13-18)14-28(15-25)23-10-7-17-11-16(5-8-19(17)23)6-9-20-21(26)3-2-4-22(20)27/h2-5,8,11,18,23H,7,10,12-15H2,1H3. The van der Waals surface area contributed by atoms with Crippen LogP contribution in [0.5, 0.6) is 0 Å². The van der Waals surface area contributed by atoms with Crippen LogP contribution in [0.2, 0.25) is 10.0 Å². The lowest BCUT2D eigenvalue weighted by Gasteiger charge is -2.60. The van der Waals surface area contributed by atoms with Gasteiger partial charge in [0.15, 0.2) is 0 Å². The third-order valence-electron chi connectivity index (χ3n) is 6.89. The van der Waals surface area contributed by atoms with Crippen molar-refractivity contribution in [1.29, 1.82) is 0 Å². The summed E-state index contributed by atoms with van der Waals surface area (Å²) in [5.74, 6) is 6.41. The van der Waals surface area contributed by atoms with Gasteiger partial charge in [0.2, 0.25) is 0 Å². The van der Waals surface area contributed by atoms with E-state index in [0.717, 1.165) is 44.3 Å². The number of aryl methyl sites for hydroxylation is 1. The van der Waals surface area contributed by atoms with E-state index in [2.05, 4.69) is 34.9 Å². The van der Waals surface area contributed by atoms with Crippen molar-refractivity contribution in [3.8, 4) is 11.8 Å². The van der Waals surface area contributed by atoms with Gasteiger partial charge in [-0.25, -0.2) is 0 Å². The molecule has 1 atom stereocenters. The molecule has 154 valence electrons. The number of carbonyl (C=O) groups excluding carboxylic acids is 1. The van der Waals surface area contributed by atoms with Crippen LogP contribution in [0.3, 0.4) is 0 Å². The van der Waals surface area contributed by atoms with Crippen LogP contribution in [0.15, 0.2) is 36.4 Å². The summed E-state index contributed by atoms with van der Waals surface area (Å²) in [5, 5.41) is 1.15. The summed E-state index contributed by atoms with van der Waals surface area (Å²) < 4.78 is 4.88. The number of carbonyl (C=O) groups is 1. The third kappa shape index (κ3) is 3.42. The Labute approximate surface area is 187 Å². The molecule has 1 spiro atoms. The Morgan fingerprint density at radius 2 is 1.87 bits per heavy atom. The van der Waals surface area contributed by atoms with E-state index in [1.807, 2.05) is 6.07 Å². The van der Waals surface area contributed by atoms with Crippen molar-refractivity contribution < 1.29 is 9.53 Å². The first-order valence-electron chi connectivity index (χ1n) is 10.4. The molecule has 2 aromatic carbocycles. The van der Waals surface area contributed by atoms with Gasteiger partial charge in [-0.3, -0.25) is 9.69 Å². The number of hydrogen-bond acceptors (Lipinski definition) is 3. The van der Waals surface area contributed by atoms with Crippen LogP contribution in [0.25, 0.3) is 0 Å². The molecule has 1 saturated carbocycles. The molecule has 1 heterocycles. The summed E-state index contributed by atoms with van der Waals surface area (Å²) in [4.78, 5) is 14.3. The lowest BCUT2D eigenvalue weighted by Crippen LogP contribution is -2.63. The molecule has 3 aliphatic rings. The summed E-state index contributed by atoms with van der Waals surface area (Å²) >= 11 is 12.4. The Morgan fingerprint density at radius 1 is 1.13 bits per heavy atom. The third-order valence-corrected chi connectivity index (χ3v) is 7.52. The minimum atomic E-state index is -0.0444. The van der Waals surface area contributed by atoms with Crippen LogP contribution in [-0.4, -0.2) is 31.1 Å². The average molecular weight is 440 g/mol. The van der Waals surface area contributed by atoms with E-state index in [9.17, 15) is 4.79 Å². The van der Waals surface area contributed by atoms with Crippen molar-refractivity contribution in [2.75, 3.05) is 20.2 Å². The lowest BCUT2D eigenvalue weighted by atomic mass is 9.57. The van der Waals surface area contributed by atoms with Gasteiger partial charge in [0.1, 0.15) is 0 Å². The van der Waals surface area contributed by atoms with E-state index in [1.165, 1.54) is 18.2 Å². The number of methoxy groups -OCH3 is 1. The van der Waals surface area contributed by atoms with Gasteiger partial charge in [0, 0.05) is 24.7 Å². The van der Waals surface area contributed by atoms with E-state index in [1.54, 1.807) is 12.1 Å². The molecular weight excluding hydrogens is 417 g/mol. The first-order chi connectivity index (χ1) is 14.5. The number of likely N-dealkylation sites (tertiary alicyclic amines) is 1. The molecule has 30 heavy (non-hydrogen) atoms. The predicted molar refractivity (Wildman–Crippen MR) is 119 cm³/mol. The Morgan fingerprint density at radius 3 is 2.57 bits per heavy atom. The number of rotatable bonds is 2. The van der Waals surface area contributed by atoms with Gasteiger partial charge >= 0.3 is 5.97 Å². The zero-order valence-corrected chi connectivity index (χ0v) is 18.4. The van der Waals surface area contributed by atoms with Crippen molar-refractivity contribution in [3.05, 3.63) is 68.7 Å². The number of esters is 1. The van der Waals surface area contributed by atoms with Crippen molar-refractivity contribution in [1.82, 2.24) is 4.90 Å². The van der Waals surface area contributed by atoms with Gasteiger partial charge in [-0.2, -0.15) is 0 Å². The van der Waals surface area contributed by atoms with Crippen molar-refractivity contribution in [2.24, 2.45) is 11.3 Å². The predicted octanol–water partition coefficient (Wildman–Crippen LogP) is 5.27. The molecule has 5 heteroatoms. The van der Waals surface area contributed by atoms with E-state index in [-0.39, 0.29) is 11.9 Å². The molecular formula is C25H23Cl2NO2. The smallest absolute Gasteiger partial charge is 0.308 e. The van der Waals surface area contributed by atoms with Crippen LogP contribution in [-0.2, 0) is 16.0 Å². The molecule has 0 amide bonds. The lowest BCUT2D eigenvalue weighted by molar-refractivity contribution is -0.167. The molecule has 5 rings (SSSR count). The highest BCUT2D eigenvalue weighted by atomic mass is 35.5. The minimum Gasteiger partial charge on any atom is -0.469 e. The van der Waals surface area contributed by atoms with Crippen LogP contribution in [0.4, 0.5) is 0 Å². The molecule has 0 N–H and O–H groups in total. The monoisotopic (exact) mass is 439 g/mol. The number of hydrogen-bond donors (Lipinski definition) is 0. The number of fused-ring (bicyclic) bond motifs is 1. The van der Waals surface area contributed by atoms with Crippen LogP contribution in [0.1, 0.15) is 47.6 Å². The van der Waals surface area contributed by atoms with Gasteiger partial charge in [-0.15, -0.1) is 0 Å². The normalized spacial score (nSPS) is 21.9. The fourth-order valence-electron chi connectivity index (χ4n) is 5.42. The second-order valence-corrected chi connectivity index (χ2v) is 9.66. The first-order valence-corrected chi connectivity index (χ1v) is 11.1. The first kappa shape index (κ1) is 19.9. The zero-order valence-electron chi connectivity index (χ0n) is 16.9. The number of ether oxygens (including phenoxy) is 1. The largest absolute Gasteiger partial charge is 0.469 e. The molecule has 0 aromatic heterocycles. The molecule has 1 saturated heterocycles. The molecule has 2 aromatic rings. The number of nitrogens with zero attached hydrogens (tertiary/aromatic N) is 1. The van der Waals surface area contributed by atoms with Crippen molar-refractivity contribution >= 4 is 29.2 Å². The highest BCUT2D eigenvalue weighted by molar-refractivity contribution is 6.36. The molecule has 0 bridgehead atoms. The Hall–Kier alpha value is -1.99. The molecule has 0 radical (unpaired) electrons. The molecule has 2 fully saturated rings. The summed E-state index contributed by atoms with van der Waals surface area (Å²) in [5.41, 5.74) is 4.83. The van der Waals surface area contributed by atoms with E-state index in [4.69, 9.17) is 27.9 Å². The summed E-state index contributed by atoms with van der Waals surface area (Å²) in [6, 6.07) is 12.5. The maximum Gasteiger partial charge on any atom is 0.308 e. The van der Waals surface area contributed by atoms with Crippen LogP contribution >= 0.6 is 23.2 Å². The van der Waals surface area contributed by atoms with Gasteiger partial charge in [0.05, 0.1) is 28.6 Å². The second-order valence-electron chi connectivity index (χ2n) is 8.85. The second kappa shape index (κ2) is 7.61. The van der Waals surface area contributed by atoms with E-state index < -0.39 is 0 Å². The number of benzene rings is 2. The van der Waals surface area contributed by atoms with E-state index in [0.29, 0.717) is 27.1 Å². The fourth-order valence-corrected chi connectivity index (χ4v) is 5.91. The van der Waals surface area contributed by atoms with Crippen molar-refractivity contribution in [3.63, 3.8) is 0 Å². The summed E-state index contributed by atoms with van der Waals surface area (Å²) in [6.45, 7) is 2.19. The minimum absolute atomic E-state index is 0.0444. The molecule has 3 nitrogen and oxygen atoms in total. The summed E-state index contributed by atoms with van der Waals surface area (Å²) in [7, 11) is 1.48. The highest BCUT2D eigenvalue weighted by Gasteiger charge is 2.56. The maximum atomic E-state index is 11.7. The topological polar surface area (TPSA) is 29.5 Å². The Bertz CT molecular complexity index is 1050.